The molecule has 7 nitrogen and oxygen atoms in total. The summed E-state index contributed by atoms with van der Waals surface area (Å²) >= 11 is 0. The minimum atomic E-state index is 0.0748. The van der Waals surface area contributed by atoms with E-state index in [1.54, 1.807) is 6.20 Å². The average molecular weight is 290 g/mol. The zero-order chi connectivity index (χ0) is 14.7. The van der Waals surface area contributed by atoms with Gasteiger partial charge in [-0.15, -0.1) is 0 Å². The Hall–Kier alpha value is -1.89. The van der Waals surface area contributed by atoms with E-state index in [1.165, 1.54) is 0 Å². The smallest absolute Gasteiger partial charge is 0.317 e. The molecule has 0 spiro atoms. The number of anilines is 1. The van der Waals surface area contributed by atoms with Gasteiger partial charge in [0.15, 0.2) is 0 Å². The normalized spacial score (nSPS) is 22.0. The van der Waals surface area contributed by atoms with Gasteiger partial charge in [0.25, 0.3) is 0 Å². The van der Waals surface area contributed by atoms with E-state index in [9.17, 15) is 4.79 Å². The van der Waals surface area contributed by atoms with Gasteiger partial charge in [0.2, 0.25) is 0 Å². The molecule has 2 aliphatic rings. The largest absolute Gasteiger partial charge is 0.369 e. The van der Waals surface area contributed by atoms with Crippen molar-refractivity contribution in [1.82, 2.24) is 25.1 Å². The lowest BCUT2D eigenvalue weighted by atomic mass is 10.2. The van der Waals surface area contributed by atoms with Gasteiger partial charge in [0, 0.05) is 39.3 Å². The zero-order valence-corrected chi connectivity index (χ0v) is 12.4. The van der Waals surface area contributed by atoms with Crippen molar-refractivity contribution in [2.45, 2.75) is 25.9 Å². The highest BCUT2D eigenvalue weighted by Crippen LogP contribution is 2.15. The molecule has 1 unspecified atom stereocenters. The number of carbonyl (C=O) groups excluding carboxylic acids is 1. The summed E-state index contributed by atoms with van der Waals surface area (Å²) in [5.74, 6) is 0.830. The minimum absolute atomic E-state index is 0.0748. The molecule has 0 bridgehead atoms. The summed E-state index contributed by atoms with van der Waals surface area (Å²) in [6.07, 6.45) is 4.70. The molecular weight excluding hydrogens is 268 g/mol. The molecule has 2 saturated heterocycles. The summed E-state index contributed by atoms with van der Waals surface area (Å²) in [7, 11) is 0. The standard InChI is InChI=1S/C14H22N6O/c1-2-3-15-13-8-16-11(6-17-13)9-19-4-5-20-12(10-19)7-18-14(20)21/h6,8,12H,2-5,7,9-10H2,1H3,(H,15,17)(H,18,21). The maximum atomic E-state index is 11.6. The third-order valence-electron chi connectivity index (χ3n) is 3.96. The highest BCUT2D eigenvalue weighted by atomic mass is 16.2. The Labute approximate surface area is 124 Å². The number of urea groups is 1. The second-order valence-corrected chi connectivity index (χ2v) is 5.59. The summed E-state index contributed by atoms with van der Waals surface area (Å²) in [4.78, 5) is 24.7. The van der Waals surface area contributed by atoms with Crippen LogP contribution < -0.4 is 10.6 Å². The summed E-state index contributed by atoms with van der Waals surface area (Å²) in [6.45, 7) is 7.16. The summed E-state index contributed by atoms with van der Waals surface area (Å²) in [6, 6.07) is 0.371. The summed E-state index contributed by atoms with van der Waals surface area (Å²) in [5.41, 5.74) is 0.975. The molecule has 2 amide bonds. The topological polar surface area (TPSA) is 73.4 Å². The number of aromatic nitrogens is 2. The fourth-order valence-corrected chi connectivity index (χ4v) is 2.82. The molecule has 7 heteroatoms. The lowest BCUT2D eigenvalue weighted by Gasteiger charge is -2.36. The predicted octanol–water partition coefficient (Wildman–Crippen LogP) is 0.508. The second kappa shape index (κ2) is 6.26. The molecule has 1 aromatic rings. The van der Waals surface area contributed by atoms with Crippen molar-refractivity contribution in [1.29, 1.82) is 0 Å². The van der Waals surface area contributed by atoms with Gasteiger partial charge in [0.1, 0.15) is 5.82 Å². The molecule has 21 heavy (non-hydrogen) atoms. The van der Waals surface area contributed by atoms with Gasteiger partial charge >= 0.3 is 6.03 Å². The van der Waals surface area contributed by atoms with Crippen LogP contribution in [0.1, 0.15) is 19.0 Å². The van der Waals surface area contributed by atoms with Crippen molar-refractivity contribution >= 4 is 11.8 Å². The van der Waals surface area contributed by atoms with Crippen LogP contribution in [0.15, 0.2) is 12.4 Å². The highest BCUT2D eigenvalue weighted by molar-refractivity contribution is 5.77. The third-order valence-corrected chi connectivity index (χ3v) is 3.96. The Kier molecular flexibility index (Phi) is 4.19. The van der Waals surface area contributed by atoms with E-state index in [1.807, 2.05) is 11.1 Å². The molecule has 1 atom stereocenters. The summed E-state index contributed by atoms with van der Waals surface area (Å²) < 4.78 is 0. The van der Waals surface area contributed by atoms with Gasteiger partial charge in [0.05, 0.1) is 24.1 Å². The molecule has 3 rings (SSSR count). The van der Waals surface area contributed by atoms with Gasteiger partial charge in [-0.05, 0) is 6.42 Å². The number of nitrogens with one attached hydrogen (secondary N) is 2. The van der Waals surface area contributed by atoms with Crippen LogP contribution in [0.4, 0.5) is 10.6 Å². The van der Waals surface area contributed by atoms with Gasteiger partial charge in [-0.3, -0.25) is 9.88 Å². The second-order valence-electron chi connectivity index (χ2n) is 5.59. The Morgan fingerprint density at radius 3 is 3.05 bits per heavy atom. The third kappa shape index (κ3) is 3.24. The van der Waals surface area contributed by atoms with E-state index in [0.29, 0.717) is 6.04 Å². The number of hydrogen-bond acceptors (Lipinski definition) is 5. The van der Waals surface area contributed by atoms with Crippen LogP contribution in [0, 0.1) is 0 Å². The molecule has 0 aliphatic carbocycles. The van der Waals surface area contributed by atoms with E-state index >= 15 is 0 Å². The summed E-state index contributed by atoms with van der Waals surface area (Å²) in [5, 5.41) is 6.12. The molecule has 0 aromatic carbocycles. The number of carbonyl (C=O) groups is 1. The van der Waals surface area contributed by atoms with Crippen LogP contribution in [0.25, 0.3) is 0 Å². The molecule has 2 N–H and O–H groups in total. The molecule has 2 aliphatic heterocycles. The monoisotopic (exact) mass is 290 g/mol. The van der Waals surface area contributed by atoms with Gasteiger partial charge in [-0.1, -0.05) is 6.92 Å². The van der Waals surface area contributed by atoms with Gasteiger partial charge in [-0.2, -0.15) is 0 Å². The molecule has 114 valence electrons. The zero-order valence-electron chi connectivity index (χ0n) is 12.4. The SMILES string of the molecule is CCCNc1cnc(CN2CCN3C(=O)NCC3C2)cn1. The number of fused-ring (bicyclic) bond motifs is 1. The number of amides is 2. The van der Waals surface area contributed by atoms with Crippen molar-refractivity contribution in [2.24, 2.45) is 0 Å². The lowest BCUT2D eigenvalue weighted by Crippen LogP contribution is -2.51. The van der Waals surface area contributed by atoms with Crippen LogP contribution in [-0.4, -0.2) is 64.6 Å². The number of nitrogens with zero attached hydrogens (tertiary/aromatic N) is 4. The number of hydrogen-bond donors (Lipinski definition) is 2. The Balaban J connectivity index is 1.53. The maximum Gasteiger partial charge on any atom is 0.317 e. The van der Waals surface area contributed by atoms with Gasteiger partial charge < -0.3 is 15.5 Å². The highest BCUT2D eigenvalue weighted by Gasteiger charge is 2.35. The van der Waals surface area contributed by atoms with Crippen molar-refractivity contribution in [3.8, 4) is 0 Å². The molecule has 3 heterocycles. The van der Waals surface area contributed by atoms with Crippen molar-refractivity contribution in [3.05, 3.63) is 18.1 Å². The maximum absolute atomic E-state index is 11.6. The van der Waals surface area contributed by atoms with Crippen LogP contribution in [0.2, 0.25) is 0 Å². The lowest BCUT2D eigenvalue weighted by molar-refractivity contribution is 0.115. The minimum Gasteiger partial charge on any atom is -0.369 e. The van der Waals surface area contributed by atoms with Crippen LogP contribution in [0.5, 0.6) is 0 Å². The quantitative estimate of drug-likeness (QED) is 0.826. The first-order valence-corrected chi connectivity index (χ1v) is 7.58. The predicted molar refractivity (Wildman–Crippen MR) is 80.0 cm³/mol. The number of piperazine rings is 1. The first kappa shape index (κ1) is 14.1. The average Bonchev–Trinajstić information content (AvgIpc) is 2.87. The molecule has 1 aromatic heterocycles. The van der Waals surface area contributed by atoms with Crippen molar-refractivity contribution < 1.29 is 4.79 Å². The molecule has 0 radical (unpaired) electrons. The first-order valence-electron chi connectivity index (χ1n) is 7.58. The fraction of sp³-hybridized carbons (Fsp3) is 0.643. The molecule has 0 saturated carbocycles. The Morgan fingerprint density at radius 1 is 1.38 bits per heavy atom. The Bertz CT molecular complexity index is 491. The number of rotatable bonds is 5. The van der Waals surface area contributed by atoms with Crippen LogP contribution in [0.3, 0.4) is 0 Å². The van der Waals surface area contributed by atoms with E-state index in [0.717, 1.165) is 57.2 Å². The fourth-order valence-electron chi connectivity index (χ4n) is 2.82. The van der Waals surface area contributed by atoms with Crippen molar-refractivity contribution in [3.63, 3.8) is 0 Å². The molecular formula is C14H22N6O. The van der Waals surface area contributed by atoms with E-state index in [2.05, 4.69) is 32.4 Å². The van der Waals surface area contributed by atoms with E-state index in [-0.39, 0.29) is 6.03 Å². The molecule has 2 fully saturated rings. The first-order chi connectivity index (χ1) is 10.3. The van der Waals surface area contributed by atoms with Crippen LogP contribution >= 0.6 is 0 Å². The Morgan fingerprint density at radius 2 is 2.29 bits per heavy atom. The van der Waals surface area contributed by atoms with E-state index < -0.39 is 0 Å². The van der Waals surface area contributed by atoms with E-state index in [4.69, 9.17) is 0 Å². The van der Waals surface area contributed by atoms with Crippen LogP contribution in [-0.2, 0) is 6.54 Å². The van der Waals surface area contributed by atoms with Gasteiger partial charge in [-0.25, -0.2) is 9.78 Å². The van der Waals surface area contributed by atoms with Crippen molar-refractivity contribution in [2.75, 3.05) is 38.0 Å².